The van der Waals surface area contributed by atoms with Crippen LogP contribution in [0.15, 0.2) is 27.2 Å². The molecule has 170 valence electrons. The predicted octanol–water partition coefficient (Wildman–Crippen LogP) is 2.93. The molecule has 2 N–H and O–H groups in total. The zero-order valence-corrected chi connectivity index (χ0v) is 20.2. The third kappa shape index (κ3) is 6.21. The molecular formula is C19H19BrCl2N6O4. The molecule has 0 saturated carbocycles. The Labute approximate surface area is 201 Å². The highest BCUT2D eigenvalue weighted by atomic mass is 79.9. The number of aromatic nitrogens is 4. The molecule has 0 aliphatic rings. The lowest BCUT2D eigenvalue weighted by molar-refractivity contribution is -0.123. The molecule has 10 nitrogen and oxygen atoms in total. The first kappa shape index (κ1) is 24.0. The van der Waals surface area contributed by atoms with Crippen LogP contribution in [0.1, 0.15) is 27.9 Å². The Kier molecular flexibility index (Phi) is 8.10. The molecule has 1 aromatic carbocycles. The van der Waals surface area contributed by atoms with E-state index in [0.29, 0.717) is 21.6 Å². The summed E-state index contributed by atoms with van der Waals surface area (Å²) in [5.74, 6) is -0.426. The van der Waals surface area contributed by atoms with Crippen LogP contribution in [0.4, 0.5) is 0 Å². The molecule has 2 amide bonds. The first-order chi connectivity index (χ1) is 15.2. The molecule has 0 saturated heterocycles. The Hall–Kier alpha value is -2.63. The maximum absolute atomic E-state index is 12.2. The molecule has 32 heavy (non-hydrogen) atoms. The third-order valence-corrected chi connectivity index (χ3v) is 5.91. The van der Waals surface area contributed by atoms with E-state index >= 15 is 0 Å². The van der Waals surface area contributed by atoms with Gasteiger partial charge in [-0.2, -0.15) is 10.1 Å². The fraction of sp³-hybridized carbons (Fsp3) is 0.316. The highest BCUT2D eigenvalue weighted by molar-refractivity contribution is 9.10. The van der Waals surface area contributed by atoms with Crippen LogP contribution in [0.25, 0.3) is 0 Å². The number of nitrogens with zero attached hydrogens (tertiary/aromatic N) is 4. The van der Waals surface area contributed by atoms with Gasteiger partial charge in [0.05, 0.1) is 20.9 Å². The number of aryl methyl sites for hydroxylation is 1. The monoisotopic (exact) mass is 544 g/mol. The average Bonchev–Trinajstić information content (AvgIpc) is 3.31. The Balaban J connectivity index is 1.39. The predicted molar refractivity (Wildman–Crippen MR) is 120 cm³/mol. The van der Waals surface area contributed by atoms with Crippen LogP contribution in [0.3, 0.4) is 0 Å². The van der Waals surface area contributed by atoms with E-state index < -0.39 is 5.91 Å². The largest absolute Gasteiger partial charge is 0.482 e. The van der Waals surface area contributed by atoms with Gasteiger partial charge in [0, 0.05) is 18.1 Å². The summed E-state index contributed by atoms with van der Waals surface area (Å²) in [6.07, 6.45) is 0. The Morgan fingerprint density at radius 2 is 1.97 bits per heavy atom. The van der Waals surface area contributed by atoms with Gasteiger partial charge < -0.3 is 19.9 Å². The Morgan fingerprint density at radius 3 is 2.66 bits per heavy atom. The van der Waals surface area contributed by atoms with Crippen LogP contribution in [-0.2, 0) is 11.3 Å². The molecule has 0 aliphatic carbocycles. The van der Waals surface area contributed by atoms with E-state index in [0.717, 1.165) is 15.9 Å². The van der Waals surface area contributed by atoms with Gasteiger partial charge in [-0.05, 0) is 48.0 Å². The van der Waals surface area contributed by atoms with Crippen LogP contribution in [0.2, 0.25) is 10.0 Å². The molecule has 0 radical (unpaired) electrons. The third-order valence-electron chi connectivity index (χ3n) is 4.23. The quantitative estimate of drug-likeness (QED) is 0.396. The number of hydrogen-bond acceptors (Lipinski definition) is 7. The van der Waals surface area contributed by atoms with E-state index in [4.69, 9.17) is 32.5 Å². The van der Waals surface area contributed by atoms with Crippen molar-refractivity contribution in [3.63, 3.8) is 0 Å². The minimum atomic E-state index is -0.545. The van der Waals surface area contributed by atoms with Gasteiger partial charge in [-0.1, -0.05) is 28.4 Å². The summed E-state index contributed by atoms with van der Waals surface area (Å²) in [7, 11) is 0. The van der Waals surface area contributed by atoms with Crippen molar-refractivity contribution in [3.05, 3.63) is 55.8 Å². The van der Waals surface area contributed by atoms with Gasteiger partial charge in [-0.15, -0.1) is 0 Å². The van der Waals surface area contributed by atoms with E-state index in [9.17, 15) is 9.59 Å². The van der Waals surface area contributed by atoms with E-state index in [2.05, 4.69) is 41.8 Å². The van der Waals surface area contributed by atoms with Crippen molar-refractivity contribution in [2.24, 2.45) is 0 Å². The lowest BCUT2D eigenvalue weighted by Gasteiger charge is -2.09. The molecule has 0 aliphatic heterocycles. The molecule has 2 heterocycles. The SMILES string of the molecule is Cc1nn(Cc2noc(C(=O)NCCNC(=O)COc3ccc(Cl)cc3Cl)n2)c(C)c1Br. The summed E-state index contributed by atoms with van der Waals surface area (Å²) >= 11 is 15.2. The van der Waals surface area contributed by atoms with Crippen molar-refractivity contribution in [2.75, 3.05) is 19.7 Å². The maximum atomic E-state index is 12.2. The summed E-state index contributed by atoms with van der Waals surface area (Å²) in [6, 6.07) is 4.70. The lowest BCUT2D eigenvalue weighted by atomic mass is 10.3. The summed E-state index contributed by atoms with van der Waals surface area (Å²) in [6.45, 7) is 4.16. The Bertz CT molecular complexity index is 1130. The van der Waals surface area contributed by atoms with Crippen molar-refractivity contribution in [3.8, 4) is 5.75 Å². The number of carbonyl (C=O) groups is 2. The standard InChI is InChI=1S/C19H19BrCl2N6O4/c1-10-17(20)11(2)28(26-10)8-15-25-19(32-27-15)18(30)24-6-5-23-16(29)9-31-14-4-3-12(21)7-13(14)22/h3-4,7H,5-6,8-9H2,1-2H3,(H,23,29)(H,24,30). The molecule has 0 bridgehead atoms. The van der Waals surface area contributed by atoms with Crippen LogP contribution in [-0.4, -0.2) is 51.4 Å². The van der Waals surface area contributed by atoms with Gasteiger partial charge in [-0.3, -0.25) is 14.3 Å². The van der Waals surface area contributed by atoms with Gasteiger partial charge in [0.2, 0.25) is 0 Å². The first-order valence-corrected chi connectivity index (χ1v) is 10.9. The van der Waals surface area contributed by atoms with Gasteiger partial charge in [-0.25, -0.2) is 0 Å². The molecular weight excluding hydrogens is 527 g/mol. The van der Waals surface area contributed by atoms with Gasteiger partial charge in [0.1, 0.15) is 12.3 Å². The lowest BCUT2D eigenvalue weighted by Crippen LogP contribution is -2.36. The summed E-state index contributed by atoms with van der Waals surface area (Å²) < 4.78 is 13.0. The number of rotatable bonds is 9. The summed E-state index contributed by atoms with van der Waals surface area (Å²) in [4.78, 5) is 28.1. The molecule has 0 spiro atoms. The van der Waals surface area contributed by atoms with Gasteiger partial charge in [0.15, 0.2) is 12.4 Å². The van der Waals surface area contributed by atoms with E-state index in [1.807, 2.05) is 13.8 Å². The maximum Gasteiger partial charge on any atom is 0.316 e. The van der Waals surface area contributed by atoms with Crippen molar-refractivity contribution in [1.82, 2.24) is 30.6 Å². The molecule has 3 rings (SSSR count). The van der Waals surface area contributed by atoms with Crippen molar-refractivity contribution >= 4 is 50.9 Å². The van der Waals surface area contributed by atoms with Crippen molar-refractivity contribution in [2.45, 2.75) is 20.4 Å². The van der Waals surface area contributed by atoms with Crippen LogP contribution in [0, 0.1) is 13.8 Å². The van der Waals surface area contributed by atoms with Crippen LogP contribution in [0.5, 0.6) is 5.75 Å². The fourth-order valence-corrected chi connectivity index (χ4v) is 3.36. The molecule has 2 aromatic heterocycles. The number of hydrogen-bond donors (Lipinski definition) is 2. The minimum Gasteiger partial charge on any atom is -0.482 e. The zero-order valence-electron chi connectivity index (χ0n) is 17.1. The van der Waals surface area contributed by atoms with E-state index in [1.165, 1.54) is 6.07 Å². The second-order valence-electron chi connectivity index (χ2n) is 6.63. The second kappa shape index (κ2) is 10.8. The summed E-state index contributed by atoms with van der Waals surface area (Å²) in [5.41, 5.74) is 1.75. The van der Waals surface area contributed by atoms with Crippen LogP contribution < -0.4 is 15.4 Å². The second-order valence-corrected chi connectivity index (χ2v) is 8.26. The number of nitrogens with one attached hydrogen (secondary N) is 2. The number of halogens is 3. The zero-order chi connectivity index (χ0) is 23.3. The smallest absolute Gasteiger partial charge is 0.316 e. The van der Waals surface area contributed by atoms with Crippen LogP contribution >= 0.6 is 39.1 Å². The Morgan fingerprint density at radius 1 is 1.22 bits per heavy atom. The van der Waals surface area contributed by atoms with Gasteiger partial charge >= 0.3 is 11.8 Å². The molecule has 0 atom stereocenters. The van der Waals surface area contributed by atoms with E-state index in [-0.39, 0.29) is 38.0 Å². The van der Waals surface area contributed by atoms with Gasteiger partial charge in [0.25, 0.3) is 5.91 Å². The fourth-order valence-electron chi connectivity index (χ4n) is 2.61. The minimum absolute atomic E-state index is 0.161. The summed E-state index contributed by atoms with van der Waals surface area (Å²) in [5, 5.41) is 14.1. The highest BCUT2D eigenvalue weighted by Crippen LogP contribution is 2.27. The molecule has 3 aromatic rings. The highest BCUT2D eigenvalue weighted by Gasteiger charge is 2.17. The number of amides is 2. The number of carbonyl (C=O) groups excluding carboxylic acids is 2. The molecule has 0 fully saturated rings. The van der Waals surface area contributed by atoms with Crippen molar-refractivity contribution in [1.29, 1.82) is 0 Å². The topological polar surface area (TPSA) is 124 Å². The number of ether oxygens (including phenoxy) is 1. The first-order valence-electron chi connectivity index (χ1n) is 9.39. The number of benzene rings is 1. The molecule has 0 unspecified atom stereocenters. The average molecular weight is 546 g/mol. The van der Waals surface area contributed by atoms with Crippen molar-refractivity contribution < 1.29 is 18.8 Å². The normalized spacial score (nSPS) is 10.8. The molecule has 13 heteroatoms. The van der Waals surface area contributed by atoms with E-state index in [1.54, 1.807) is 16.8 Å².